The van der Waals surface area contributed by atoms with Crippen LogP contribution in [0.15, 0.2) is 6.33 Å². The van der Waals surface area contributed by atoms with Crippen LogP contribution >= 0.6 is 11.6 Å². The first-order valence-corrected chi connectivity index (χ1v) is 4.28. The van der Waals surface area contributed by atoms with Crippen LogP contribution in [0.5, 0.6) is 0 Å². The fraction of sp³-hybridized carbons (Fsp3) is 0.571. The second-order valence-corrected chi connectivity index (χ2v) is 3.08. The molecule has 0 aliphatic carbocycles. The molecule has 1 rings (SSSR count). The van der Waals surface area contributed by atoms with Crippen molar-refractivity contribution in [2.24, 2.45) is 5.73 Å². The number of hydrogen-bond acceptors (Lipinski definition) is 2. The van der Waals surface area contributed by atoms with Gasteiger partial charge in [0, 0.05) is 6.54 Å². The van der Waals surface area contributed by atoms with E-state index >= 15 is 0 Å². The van der Waals surface area contributed by atoms with E-state index in [1.165, 1.54) is 10.9 Å². The third-order valence-electron chi connectivity index (χ3n) is 1.82. The van der Waals surface area contributed by atoms with E-state index in [2.05, 4.69) is 4.98 Å². The summed E-state index contributed by atoms with van der Waals surface area (Å²) in [5, 5.41) is -0.198. The Hall–Kier alpha value is -0.750. The molecule has 0 amide bonds. The Labute approximate surface area is 83.7 Å². The van der Waals surface area contributed by atoms with Crippen molar-refractivity contribution in [2.45, 2.75) is 25.7 Å². The van der Waals surface area contributed by atoms with Gasteiger partial charge in [0.1, 0.15) is 6.04 Å². The second kappa shape index (κ2) is 3.78. The number of hydrogen-bond donors (Lipinski definition) is 1. The maximum absolute atomic E-state index is 12.3. The lowest BCUT2D eigenvalue weighted by atomic mass is 10.2. The van der Waals surface area contributed by atoms with Crippen molar-refractivity contribution in [3.63, 3.8) is 0 Å². The highest BCUT2D eigenvalue weighted by atomic mass is 35.5. The van der Waals surface area contributed by atoms with E-state index in [9.17, 15) is 13.2 Å². The summed E-state index contributed by atoms with van der Waals surface area (Å²) in [5.74, 6) is 0. The zero-order chi connectivity index (χ0) is 10.9. The first kappa shape index (κ1) is 11.3. The lowest BCUT2D eigenvalue weighted by Gasteiger charge is -2.17. The van der Waals surface area contributed by atoms with Crippen molar-refractivity contribution in [3.05, 3.63) is 17.2 Å². The van der Waals surface area contributed by atoms with Gasteiger partial charge >= 0.3 is 6.18 Å². The Morgan fingerprint density at radius 3 is 2.64 bits per heavy atom. The van der Waals surface area contributed by atoms with Crippen molar-refractivity contribution in [3.8, 4) is 0 Å². The number of nitrogens with two attached hydrogens (primary N) is 1. The molecule has 0 radical (unpaired) electrons. The minimum absolute atomic E-state index is 0.193. The molecule has 3 nitrogen and oxygen atoms in total. The van der Waals surface area contributed by atoms with Crippen LogP contribution < -0.4 is 5.73 Å². The summed E-state index contributed by atoms with van der Waals surface area (Å²) in [6.07, 6.45) is -3.26. The standard InChI is InChI=1S/C7H9ClF3N3/c1-2-14-3-13-6(8)4(14)5(12)7(9,10)11/h3,5H,2,12H2,1H3. The van der Waals surface area contributed by atoms with Gasteiger partial charge in [0.2, 0.25) is 0 Å². The molecule has 1 unspecified atom stereocenters. The smallest absolute Gasteiger partial charge is 0.332 e. The third kappa shape index (κ3) is 2.01. The molecular formula is C7H9ClF3N3. The number of alkyl halides is 3. The van der Waals surface area contributed by atoms with Gasteiger partial charge < -0.3 is 10.3 Å². The van der Waals surface area contributed by atoms with Crippen LogP contribution in [0.1, 0.15) is 18.7 Å². The van der Waals surface area contributed by atoms with Crippen LogP contribution in [-0.2, 0) is 6.54 Å². The molecule has 80 valence electrons. The van der Waals surface area contributed by atoms with Crippen LogP contribution in [0.25, 0.3) is 0 Å². The normalized spacial score (nSPS) is 14.4. The third-order valence-corrected chi connectivity index (χ3v) is 2.11. The fourth-order valence-corrected chi connectivity index (χ4v) is 1.35. The molecule has 1 aromatic rings. The van der Waals surface area contributed by atoms with E-state index in [1.807, 2.05) is 0 Å². The van der Waals surface area contributed by atoms with Gasteiger partial charge in [-0.25, -0.2) is 4.98 Å². The number of halogens is 4. The van der Waals surface area contributed by atoms with Gasteiger partial charge in [0.15, 0.2) is 5.15 Å². The molecule has 14 heavy (non-hydrogen) atoms. The topological polar surface area (TPSA) is 43.8 Å². The molecule has 1 aromatic heterocycles. The molecule has 0 bridgehead atoms. The van der Waals surface area contributed by atoms with Gasteiger partial charge in [0.25, 0.3) is 0 Å². The van der Waals surface area contributed by atoms with Gasteiger partial charge in [-0.15, -0.1) is 0 Å². The molecule has 2 N–H and O–H groups in total. The predicted molar refractivity (Wildman–Crippen MR) is 45.9 cm³/mol. The average molecular weight is 228 g/mol. The molecule has 0 aromatic carbocycles. The van der Waals surface area contributed by atoms with Crippen molar-refractivity contribution in [1.29, 1.82) is 0 Å². The van der Waals surface area contributed by atoms with E-state index in [0.717, 1.165) is 0 Å². The quantitative estimate of drug-likeness (QED) is 0.841. The minimum atomic E-state index is -4.50. The fourth-order valence-electron chi connectivity index (χ4n) is 1.08. The lowest BCUT2D eigenvalue weighted by molar-refractivity contribution is -0.150. The lowest BCUT2D eigenvalue weighted by Crippen LogP contribution is -2.30. The minimum Gasteiger partial charge on any atom is -0.332 e. The first-order valence-electron chi connectivity index (χ1n) is 3.90. The van der Waals surface area contributed by atoms with Gasteiger partial charge in [-0.05, 0) is 6.92 Å². The zero-order valence-electron chi connectivity index (χ0n) is 7.35. The highest BCUT2D eigenvalue weighted by molar-refractivity contribution is 6.30. The van der Waals surface area contributed by atoms with Gasteiger partial charge in [-0.2, -0.15) is 13.2 Å². The summed E-state index contributed by atoms with van der Waals surface area (Å²) in [6, 6.07) is -2.09. The van der Waals surface area contributed by atoms with Crippen LogP contribution in [0.3, 0.4) is 0 Å². The summed E-state index contributed by atoms with van der Waals surface area (Å²) in [6.45, 7) is 2.03. The molecule has 0 aliphatic heterocycles. The predicted octanol–water partition coefficient (Wildman–Crippen LogP) is 2.12. The Bertz CT molecular complexity index is 320. The maximum Gasteiger partial charge on any atom is 0.409 e. The molecule has 0 saturated carbocycles. The Morgan fingerprint density at radius 2 is 2.21 bits per heavy atom. The molecule has 1 atom stereocenters. The molecular weight excluding hydrogens is 219 g/mol. The summed E-state index contributed by atoms with van der Waals surface area (Å²) in [5.41, 5.74) is 4.83. The van der Waals surface area contributed by atoms with Crippen molar-refractivity contribution >= 4 is 11.6 Å². The van der Waals surface area contributed by atoms with E-state index < -0.39 is 12.2 Å². The largest absolute Gasteiger partial charge is 0.409 e. The van der Waals surface area contributed by atoms with Crippen LogP contribution in [0, 0.1) is 0 Å². The molecule has 0 saturated heterocycles. The highest BCUT2D eigenvalue weighted by Gasteiger charge is 2.41. The summed E-state index contributed by atoms with van der Waals surface area (Å²) in [7, 11) is 0. The first-order chi connectivity index (χ1) is 6.38. The van der Waals surface area contributed by atoms with E-state index in [0.29, 0.717) is 6.54 Å². The van der Waals surface area contributed by atoms with E-state index in [-0.39, 0.29) is 10.8 Å². The second-order valence-electron chi connectivity index (χ2n) is 2.73. The van der Waals surface area contributed by atoms with Crippen molar-refractivity contribution in [1.82, 2.24) is 9.55 Å². The SMILES string of the molecule is CCn1cnc(Cl)c1C(N)C(F)(F)F. The molecule has 1 heterocycles. The van der Waals surface area contributed by atoms with Crippen molar-refractivity contribution < 1.29 is 13.2 Å². The monoisotopic (exact) mass is 227 g/mol. The van der Waals surface area contributed by atoms with E-state index in [1.54, 1.807) is 6.92 Å². The van der Waals surface area contributed by atoms with Gasteiger partial charge in [-0.1, -0.05) is 11.6 Å². The zero-order valence-corrected chi connectivity index (χ0v) is 8.10. The Kier molecular flexibility index (Phi) is 3.06. The van der Waals surface area contributed by atoms with E-state index in [4.69, 9.17) is 17.3 Å². The Balaban J connectivity index is 3.11. The van der Waals surface area contributed by atoms with Gasteiger partial charge in [-0.3, -0.25) is 0 Å². The number of aromatic nitrogens is 2. The molecule has 0 aliphatic rings. The molecule has 0 spiro atoms. The summed E-state index contributed by atoms with van der Waals surface area (Å²) in [4.78, 5) is 3.57. The molecule has 0 fully saturated rings. The average Bonchev–Trinajstić information content (AvgIpc) is 2.43. The summed E-state index contributed by atoms with van der Waals surface area (Å²) < 4.78 is 38.1. The van der Waals surface area contributed by atoms with Crippen molar-refractivity contribution in [2.75, 3.05) is 0 Å². The molecule has 7 heteroatoms. The number of imidazole rings is 1. The van der Waals surface area contributed by atoms with Crippen LogP contribution in [0.2, 0.25) is 5.15 Å². The number of nitrogens with zero attached hydrogens (tertiary/aromatic N) is 2. The van der Waals surface area contributed by atoms with Crippen LogP contribution in [-0.4, -0.2) is 15.7 Å². The highest BCUT2D eigenvalue weighted by Crippen LogP contribution is 2.33. The number of aryl methyl sites for hydroxylation is 1. The van der Waals surface area contributed by atoms with Crippen LogP contribution in [0.4, 0.5) is 13.2 Å². The van der Waals surface area contributed by atoms with Gasteiger partial charge in [0.05, 0.1) is 12.0 Å². The summed E-state index contributed by atoms with van der Waals surface area (Å²) >= 11 is 5.51. The maximum atomic E-state index is 12.3. The number of rotatable bonds is 2. The Morgan fingerprint density at radius 1 is 1.64 bits per heavy atom.